The summed E-state index contributed by atoms with van der Waals surface area (Å²) in [6.45, 7) is 0. The molecule has 8 rings (SSSR count). The number of benzene rings is 4. The highest BCUT2D eigenvalue weighted by atomic mass is 16.5. The second-order valence-electron chi connectivity index (χ2n) is 9.53. The molecule has 2 heteroatoms. The Balaban J connectivity index is 1.49. The Bertz CT molecular complexity index is 1740. The molecule has 0 saturated heterocycles. The van der Waals surface area contributed by atoms with Crippen molar-refractivity contribution in [3.63, 3.8) is 0 Å². The fourth-order valence-corrected chi connectivity index (χ4v) is 6.42. The molecule has 2 nitrogen and oxygen atoms in total. The van der Waals surface area contributed by atoms with Crippen LogP contribution in [0, 0.1) is 0 Å². The fraction of sp³-hybridized carbons (Fsp3) is 0.125. The van der Waals surface area contributed by atoms with Crippen LogP contribution in [0.5, 0.6) is 5.75 Å². The maximum absolute atomic E-state index is 7.00. The lowest BCUT2D eigenvalue weighted by molar-refractivity contribution is 0.223. The summed E-state index contributed by atoms with van der Waals surface area (Å²) >= 11 is 0. The van der Waals surface area contributed by atoms with Crippen LogP contribution in [0.1, 0.15) is 41.6 Å². The van der Waals surface area contributed by atoms with Crippen molar-refractivity contribution in [2.24, 2.45) is 0 Å². The number of ether oxygens (including phenoxy) is 1. The molecule has 2 heterocycles. The minimum atomic E-state index is -0.00388. The third kappa shape index (κ3) is 2.30. The molecule has 0 fully saturated rings. The van der Waals surface area contributed by atoms with Crippen LogP contribution in [0.2, 0.25) is 0 Å². The molecule has 0 spiro atoms. The van der Waals surface area contributed by atoms with Gasteiger partial charge >= 0.3 is 0 Å². The average Bonchev–Trinajstić information content (AvgIpc) is 3.46. The van der Waals surface area contributed by atoms with Crippen LogP contribution in [0.15, 0.2) is 91.0 Å². The minimum absolute atomic E-state index is 0.00388. The van der Waals surface area contributed by atoms with E-state index in [1.54, 1.807) is 0 Å². The lowest BCUT2D eigenvalue weighted by atomic mass is 9.75. The normalized spacial score (nSPS) is 19.1. The molecule has 0 amide bonds. The standard InChI is InChI=1S/C32H23NO/c1-2-10-20(11-3-1)33-28-17-9-8-14-23(28)25-18-19-27-29-24-15-6-4-12-21(24)22-13-5-7-16-26(22)31(29)34-32(27)30(25)33/h1-7,10-19,29,31H,8-9H2. The zero-order valence-electron chi connectivity index (χ0n) is 18.7. The molecule has 2 aliphatic carbocycles. The number of rotatable bonds is 1. The summed E-state index contributed by atoms with van der Waals surface area (Å²) in [6, 6.07) is 33.0. The van der Waals surface area contributed by atoms with Gasteiger partial charge < -0.3 is 9.30 Å². The molecule has 0 N–H and O–H groups in total. The maximum atomic E-state index is 7.00. The SMILES string of the molecule is C1=c2c(n(-c3ccccc3)c3c4c(ccc23)C2c3ccccc3-c3ccccc3C2O4)=CCC1. The van der Waals surface area contributed by atoms with Gasteiger partial charge in [-0.15, -0.1) is 0 Å². The third-order valence-electron chi connectivity index (χ3n) is 7.80. The van der Waals surface area contributed by atoms with E-state index in [9.17, 15) is 0 Å². The van der Waals surface area contributed by atoms with Crippen molar-refractivity contribution >= 4 is 23.1 Å². The van der Waals surface area contributed by atoms with Crippen LogP contribution in [-0.4, -0.2) is 4.57 Å². The van der Waals surface area contributed by atoms with E-state index in [-0.39, 0.29) is 12.0 Å². The lowest BCUT2D eigenvalue weighted by Crippen LogP contribution is -2.30. The van der Waals surface area contributed by atoms with Gasteiger partial charge in [-0.1, -0.05) is 91.0 Å². The van der Waals surface area contributed by atoms with Crippen molar-refractivity contribution in [3.8, 4) is 22.6 Å². The van der Waals surface area contributed by atoms with Crippen LogP contribution in [0.25, 0.3) is 39.9 Å². The topological polar surface area (TPSA) is 14.2 Å². The molecule has 5 aromatic rings. The molecule has 0 bridgehead atoms. The largest absolute Gasteiger partial charge is 0.482 e. The van der Waals surface area contributed by atoms with Crippen LogP contribution in [-0.2, 0) is 0 Å². The van der Waals surface area contributed by atoms with Crippen molar-refractivity contribution in [1.82, 2.24) is 4.57 Å². The maximum Gasteiger partial charge on any atom is 0.148 e. The first-order chi connectivity index (χ1) is 16.9. The highest BCUT2D eigenvalue weighted by Crippen LogP contribution is 2.57. The highest BCUT2D eigenvalue weighted by Gasteiger charge is 2.43. The second-order valence-corrected chi connectivity index (χ2v) is 9.53. The summed E-state index contributed by atoms with van der Waals surface area (Å²) in [5.41, 5.74) is 8.96. The lowest BCUT2D eigenvalue weighted by Gasteiger charge is -2.30. The Hall–Kier alpha value is -4.04. The van der Waals surface area contributed by atoms with E-state index >= 15 is 0 Å². The van der Waals surface area contributed by atoms with Gasteiger partial charge in [-0.3, -0.25) is 0 Å². The monoisotopic (exact) mass is 437 g/mol. The molecular formula is C32H23NO. The number of para-hydroxylation sites is 1. The van der Waals surface area contributed by atoms with Gasteiger partial charge in [0.2, 0.25) is 0 Å². The second kappa shape index (κ2) is 6.74. The van der Waals surface area contributed by atoms with E-state index in [4.69, 9.17) is 4.74 Å². The minimum Gasteiger partial charge on any atom is -0.482 e. The highest BCUT2D eigenvalue weighted by molar-refractivity contribution is 5.92. The molecule has 0 saturated carbocycles. The van der Waals surface area contributed by atoms with Crippen LogP contribution in [0.4, 0.5) is 0 Å². The molecule has 4 aromatic carbocycles. The molecule has 2 unspecified atom stereocenters. The van der Waals surface area contributed by atoms with Gasteiger partial charge in [0, 0.05) is 32.8 Å². The number of hydrogen-bond acceptors (Lipinski definition) is 1. The Morgan fingerprint density at radius 2 is 1.35 bits per heavy atom. The quantitative estimate of drug-likeness (QED) is 0.303. The van der Waals surface area contributed by atoms with Crippen LogP contribution in [0.3, 0.4) is 0 Å². The molecule has 1 aliphatic heterocycles. The van der Waals surface area contributed by atoms with Crippen molar-refractivity contribution in [3.05, 3.63) is 118 Å². The summed E-state index contributed by atoms with van der Waals surface area (Å²) in [4.78, 5) is 0. The number of fused-ring (bicyclic) bond motifs is 12. The molecule has 1 aromatic heterocycles. The zero-order chi connectivity index (χ0) is 22.2. The van der Waals surface area contributed by atoms with E-state index in [2.05, 4.69) is 108 Å². The van der Waals surface area contributed by atoms with Crippen molar-refractivity contribution < 1.29 is 4.74 Å². The molecule has 0 radical (unpaired) electrons. The van der Waals surface area contributed by atoms with Gasteiger partial charge in [0.05, 0.1) is 11.4 Å². The summed E-state index contributed by atoms with van der Waals surface area (Å²) in [5.74, 6) is 1.24. The van der Waals surface area contributed by atoms with Gasteiger partial charge in [0.1, 0.15) is 11.9 Å². The first-order valence-corrected chi connectivity index (χ1v) is 12.2. The van der Waals surface area contributed by atoms with Crippen molar-refractivity contribution in [1.29, 1.82) is 0 Å². The number of aromatic nitrogens is 1. The Morgan fingerprint density at radius 3 is 2.21 bits per heavy atom. The average molecular weight is 438 g/mol. The number of nitrogens with zero attached hydrogens (tertiary/aromatic N) is 1. The van der Waals surface area contributed by atoms with Crippen molar-refractivity contribution in [2.45, 2.75) is 24.9 Å². The van der Waals surface area contributed by atoms with Gasteiger partial charge in [-0.2, -0.15) is 0 Å². The summed E-state index contributed by atoms with van der Waals surface area (Å²) in [6.07, 6.45) is 6.95. The Kier molecular flexibility index (Phi) is 3.65. The van der Waals surface area contributed by atoms with E-state index in [0.29, 0.717) is 0 Å². The van der Waals surface area contributed by atoms with Crippen LogP contribution < -0.4 is 15.3 Å². The first-order valence-electron chi connectivity index (χ1n) is 12.2. The van der Waals surface area contributed by atoms with E-state index in [0.717, 1.165) is 18.6 Å². The van der Waals surface area contributed by atoms with Gasteiger partial charge in [0.15, 0.2) is 0 Å². The van der Waals surface area contributed by atoms with Gasteiger partial charge in [0.25, 0.3) is 0 Å². The molecular weight excluding hydrogens is 414 g/mol. The Morgan fingerprint density at radius 1 is 0.647 bits per heavy atom. The van der Waals surface area contributed by atoms with E-state index < -0.39 is 0 Å². The van der Waals surface area contributed by atoms with Gasteiger partial charge in [-0.05, 0) is 41.7 Å². The molecule has 2 atom stereocenters. The predicted molar refractivity (Wildman–Crippen MR) is 138 cm³/mol. The first kappa shape index (κ1) is 18.4. The summed E-state index contributed by atoms with van der Waals surface area (Å²) < 4.78 is 9.42. The molecule has 162 valence electrons. The smallest absolute Gasteiger partial charge is 0.148 e. The third-order valence-corrected chi connectivity index (χ3v) is 7.80. The zero-order valence-corrected chi connectivity index (χ0v) is 18.7. The van der Waals surface area contributed by atoms with Crippen LogP contribution >= 0.6 is 0 Å². The van der Waals surface area contributed by atoms with Crippen molar-refractivity contribution in [2.75, 3.05) is 0 Å². The van der Waals surface area contributed by atoms with E-state index in [1.807, 2.05) is 0 Å². The molecule has 3 aliphatic rings. The summed E-state index contributed by atoms with van der Waals surface area (Å²) in [5, 5.41) is 3.92. The van der Waals surface area contributed by atoms with Gasteiger partial charge in [-0.25, -0.2) is 0 Å². The Labute approximate surface area is 198 Å². The fourth-order valence-electron chi connectivity index (χ4n) is 6.42. The molecule has 34 heavy (non-hydrogen) atoms. The van der Waals surface area contributed by atoms with E-state index in [1.165, 1.54) is 55.0 Å². The number of hydrogen-bond donors (Lipinski definition) is 0. The predicted octanol–water partition coefficient (Wildman–Crippen LogP) is 6.23. The summed E-state index contributed by atoms with van der Waals surface area (Å²) in [7, 11) is 0.